The molecule has 16 heavy (non-hydrogen) atoms. The molecule has 0 bridgehead atoms. The van der Waals surface area contributed by atoms with Gasteiger partial charge in [0.1, 0.15) is 0 Å². The SMILES string of the molecule is CC(C(=O)O)S(=O)(=O)c1cc(Cl)ccc1Cl. The number of carbonyl (C=O) groups is 1. The number of carboxylic acid groups (broad SMARTS) is 1. The number of benzene rings is 1. The van der Waals surface area contributed by atoms with E-state index in [-0.39, 0.29) is 14.9 Å². The molecule has 0 saturated carbocycles. The second-order valence-electron chi connectivity index (χ2n) is 3.10. The average molecular weight is 283 g/mol. The molecule has 0 saturated heterocycles. The minimum atomic E-state index is -4.01. The molecule has 0 amide bonds. The van der Waals surface area contributed by atoms with Gasteiger partial charge in [0.15, 0.2) is 15.1 Å². The molecule has 0 aliphatic carbocycles. The normalized spacial score (nSPS) is 13.4. The summed E-state index contributed by atoms with van der Waals surface area (Å²) in [7, 11) is -4.01. The fourth-order valence-electron chi connectivity index (χ4n) is 1.02. The molecule has 88 valence electrons. The summed E-state index contributed by atoms with van der Waals surface area (Å²) >= 11 is 11.3. The van der Waals surface area contributed by atoms with Crippen LogP contribution >= 0.6 is 23.2 Å². The molecular weight excluding hydrogens is 275 g/mol. The Morgan fingerprint density at radius 2 is 1.94 bits per heavy atom. The first-order chi connectivity index (χ1) is 7.26. The largest absolute Gasteiger partial charge is 0.480 e. The van der Waals surface area contributed by atoms with E-state index in [1.807, 2.05) is 0 Å². The lowest BCUT2D eigenvalue weighted by atomic mass is 10.4. The predicted octanol–water partition coefficient (Wildman–Crippen LogP) is 2.24. The maximum atomic E-state index is 11.8. The summed E-state index contributed by atoms with van der Waals surface area (Å²) in [6.07, 6.45) is 0. The molecule has 0 spiro atoms. The molecule has 0 fully saturated rings. The molecule has 1 unspecified atom stereocenters. The summed E-state index contributed by atoms with van der Waals surface area (Å²) in [6.45, 7) is 1.08. The molecule has 1 atom stereocenters. The van der Waals surface area contributed by atoms with Crippen molar-refractivity contribution in [3.8, 4) is 0 Å². The molecular formula is C9H8Cl2O4S. The quantitative estimate of drug-likeness (QED) is 0.923. The van der Waals surface area contributed by atoms with Gasteiger partial charge in [0, 0.05) is 5.02 Å². The Balaban J connectivity index is 3.38. The van der Waals surface area contributed by atoms with Crippen LogP contribution < -0.4 is 0 Å². The van der Waals surface area contributed by atoms with Crippen molar-refractivity contribution in [2.24, 2.45) is 0 Å². The van der Waals surface area contributed by atoms with E-state index in [0.717, 1.165) is 13.0 Å². The molecule has 0 heterocycles. The highest BCUT2D eigenvalue weighted by Gasteiger charge is 2.31. The Kier molecular flexibility index (Phi) is 3.83. The smallest absolute Gasteiger partial charge is 0.321 e. The number of sulfone groups is 1. The first kappa shape index (κ1) is 13.3. The molecule has 1 aromatic carbocycles. The highest BCUT2D eigenvalue weighted by molar-refractivity contribution is 7.92. The third-order valence-electron chi connectivity index (χ3n) is 2.01. The van der Waals surface area contributed by atoms with Gasteiger partial charge in [-0.1, -0.05) is 23.2 Å². The van der Waals surface area contributed by atoms with Crippen molar-refractivity contribution in [2.45, 2.75) is 17.1 Å². The van der Waals surface area contributed by atoms with Gasteiger partial charge < -0.3 is 5.11 Å². The lowest BCUT2D eigenvalue weighted by Crippen LogP contribution is -2.27. The van der Waals surface area contributed by atoms with Crippen molar-refractivity contribution in [3.05, 3.63) is 28.2 Å². The van der Waals surface area contributed by atoms with Gasteiger partial charge in [-0.05, 0) is 25.1 Å². The molecule has 0 aliphatic rings. The van der Waals surface area contributed by atoms with Crippen molar-refractivity contribution in [1.82, 2.24) is 0 Å². The Morgan fingerprint density at radius 3 is 2.44 bits per heavy atom. The zero-order valence-corrected chi connectivity index (χ0v) is 10.5. The number of carboxylic acids is 1. The lowest BCUT2D eigenvalue weighted by molar-refractivity contribution is -0.136. The first-order valence-corrected chi connectivity index (χ1v) is 6.49. The van der Waals surface area contributed by atoms with Crippen molar-refractivity contribution in [3.63, 3.8) is 0 Å². The van der Waals surface area contributed by atoms with E-state index in [2.05, 4.69) is 0 Å². The number of rotatable bonds is 3. The van der Waals surface area contributed by atoms with E-state index < -0.39 is 21.1 Å². The van der Waals surface area contributed by atoms with Crippen molar-refractivity contribution < 1.29 is 18.3 Å². The Bertz CT molecular complexity index is 524. The van der Waals surface area contributed by atoms with Gasteiger partial charge in [-0.25, -0.2) is 8.42 Å². The lowest BCUT2D eigenvalue weighted by Gasteiger charge is -2.10. The Hall–Kier alpha value is -0.780. The van der Waals surface area contributed by atoms with Crippen LogP contribution in [0.25, 0.3) is 0 Å². The Labute approximate surface area is 103 Å². The van der Waals surface area contributed by atoms with E-state index in [0.29, 0.717) is 0 Å². The third-order valence-corrected chi connectivity index (χ3v) is 4.77. The predicted molar refractivity (Wildman–Crippen MR) is 60.7 cm³/mol. The topological polar surface area (TPSA) is 71.4 Å². The van der Waals surface area contributed by atoms with Gasteiger partial charge in [0.25, 0.3) is 0 Å². The van der Waals surface area contributed by atoms with E-state index in [1.165, 1.54) is 12.1 Å². The van der Waals surface area contributed by atoms with Crippen LogP contribution in [0.5, 0.6) is 0 Å². The monoisotopic (exact) mass is 282 g/mol. The molecule has 4 nitrogen and oxygen atoms in total. The van der Waals surface area contributed by atoms with E-state index in [9.17, 15) is 13.2 Å². The number of aliphatic carboxylic acids is 1. The van der Waals surface area contributed by atoms with E-state index in [1.54, 1.807) is 0 Å². The van der Waals surface area contributed by atoms with Crippen LogP contribution in [0.1, 0.15) is 6.92 Å². The van der Waals surface area contributed by atoms with Crippen molar-refractivity contribution in [2.75, 3.05) is 0 Å². The fourth-order valence-corrected chi connectivity index (χ4v) is 2.97. The molecule has 7 heteroatoms. The van der Waals surface area contributed by atoms with Crippen molar-refractivity contribution in [1.29, 1.82) is 0 Å². The maximum Gasteiger partial charge on any atom is 0.321 e. The number of halogens is 2. The summed E-state index contributed by atoms with van der Waals surface area (Å²) in [4.78, 5) is 10.4. The maximum absolute atomic E-state index is 11.8. The van der Waals surface area contributed by atoms with Gasteiger partial charge in [-0.15, -0.1) is 0 Å². The van der Waals surface area contributed by atoms with Gasteiger partial charge in [-0.3, -0.25) is 4.79 Å². The van der Waals surface area contributed by atoms with Crippen molar-refractivity contribution >= 4 is 39.0 Å². The van der Waals surface area contributed by atoms with E-state index >= 15 is 0 Å². The zero-order chi connectivity index (χ0) is 12.5. The minimum Gasteiger partial charge on any atom is -0.480 e. The molecule has 1 rings (SSSR count). The summed E-state index contributed by atoms with van der Waals surface area (Å²) in [6, 6.07) is 3.87. The first-order valence-electron chi connectivity index (χ1n) is 4.18. The number of hydrogen-bond donors (Lipinski definition) is 1. The van der Waals surface area contributed by atoms with Gasteiger partial charge in [0.05, 0.1) is 9.92 Å². The average Bonchev–Trinajstić information content (AvgIpc) is 2.20. The summed E-state index contributed by atoms with van der Waals surface area (Å²) in [5.74, 6) is -1.43. The van der Waals surface area contributed by atoms with Gasteiger partial charge >= 0.3 is 5.97 Å². The summed E-state index contributed by atoms with van der Waals surface area (Å²) in [5.41, 5.74) is 0. The second kappa shape index (κ2) is 4.61. The highest BCUT2D eigenvalue weighted by atomic mass is 35.5. The van der Waals surface area contributed by atoms with Crippen LogP contribution in [0.4, 0.5) is 0 Å². The third kappa shape index (κ3) is 2.48. The van der Waals surface area contributed by atoms with Crippen LogP contribution in [-0.4, -0.2) is 24.7 Å². The molecule has 0 radical (unpaired) electrons. The minimum absolute atomic E-state index is 0.0440. The number of hydrogen-bond acceptors (Lipinski definition) is 3. The molecule has 0 aromatic heterocycles. The fraction of sp³-hybridized carbons (Fsp3) is 0.222. The van der Waals surface area contributed by atoms with Crippen LogP contribution in [-0.2, 0) is 14.6 Å². The highest BCUT2D eigenvalue weighted by Crippen LogP contribution is 2.27. The van der Waals surface area contributed by atoms with Crippen LogP contribution in [0.2, 0.25) is 10.0 Å². The van der Waals surface area contributed by atoms with Gasteiger partial charge in [-0.2, -0.15) is 0 Å². The second-order valence-corrected chi connectivity index (χ2v) is 6.18. The van der Waals surface area contributed by atoms with Crippen LogP contribution in [0, 0.1) is 0 Å². The van der Waals surface area contributed by atoms with Gasteiger partial charge in [0.2, 0.25) is 0 Å². The van der Waals surface area contributed by atoms with Crippen LogP contribution in [0.15, 0.2) is 23.1 Å². The van der Waals surface area contributed by atoms with E-state index in [4.69, 9.17) is 28.3 Å². The summed E-state index contributed by atoms with van der Waals surface area (Å²) < 4.78 is 23.6. The van der Waals surface area contributed by atoms with Crippen LogP contribution in [0.3, 0.4) is 0 Å². The summed E-state index contributed by atoms with van der Waals surface area (Å²) in [5, 5.41) is 7.25. The molecule has 1 N–H and O–H groups in total. The Morgan fingerprint density at radius 1 is 1.38 bits per heavy atom. The zero-order valence-electron chi connectivity index (χ0n) is 8.15. The molecule has 0 aliphatic heterocycles. The molecule has 1 aromatic rings. The standard InChI is InChI=1S/C9H8Cl2O4S/c1-5(9(12)13)16(14,15)8-4-6(10)2-3-7(8)11/h2-5H,1H3,(H,12,13).